The number of anilines is 1. The number of hydrogen-bond acceptors (Lipinski definition) is 2. The molecular weight excluding hydrogens is 329 g/mol. The maximum Gasteiger partial charge on any atom is 0.322 e. The van der Waals surface area contributed by atoms with E-state index in [1.165, 1.54) is 24.1 Å². The molecule has 1 rings (SSSR count). The highest BCUT2D eigenvalue weighted by Gasteiger charge is 2.14. The van der Waals surface area contributed by atoms with Crippen molar-refractivity contribution in [3.05, 3.63) is 28.5 Å². The third kappa shape index (κ3) is 5.16. The third-order valence-corrected chi connectivity index (χ3v) is 2.99. The summed E-state index contributed by atoms with van der Waals surface area (Å²) >= 11 is 3.03. The molecule has 1 aromatic rings. The fraction of sp³-hybridized carbons (Fsp3) is 0.385. The molecule has 110 valence electrons. The number of rotatable bonds is 4. The van der Waals surface area contributed by atoms with E-state index in [1.54, 1.807) is 6.07 Å². The van der Waals surface area contributed by atoms with Gasteiger partial charge in [-0.3, -0.25) is 4.79 Å². The number of nitrogens with zero attached hydrogens (tertiary/aromatic N) is 1. The van der Waals surface area contributed by atoms with E-state index >= 15 is 0 Å². The summed E-state index contributed by atoms with van der Waals surface area (Å²) in [6.45, 7) is 3.61. The molecule has 20 heavy (non-hydrogen) atoms. The predicted molar refractivity (Wildman–Crippen MR) is 79.0 cm³/mol. The average molecular weight is 346 g/mol. The van der Waals surface area contributed by atoms with Gasteiger partial charge in [0.1, 0.15) is 12.4 Å². The summed E-state index contributed by atoms with van der Waals surface area (Å²) in [4.78, 5) is 24.6. The molecule has 0 bridgehead atoms. The van der Waals surface area contributed by atoms with Gasteiger partial charge in [0.05, 0.1) is 4.47 Å². The second-order valence-electron chi connectivity index (χ2n) is 4.64. The molecular formula is C13H17BrFN3O2. The zero-order valence-electron chi connectivity index (χ0n) is 11.5. The van der Waals surface area contributed by atoms with E-state index in [2.05, 4.69) is 26.6 Å². The van der Waals surface area contributed by atoms with Gasteiger partial charge in [0.2, 0.25) is 5.91 Å². The Morgan fingerprint density at radius 3 is 2.60 bits per heavy atom. The molecule has 2 N–H and O–H groups in total. The molecule has 0 unspecified atom stereocenters. The van der Waals surface area contributed by atoms with Crippen LogP contribution >= 0.6 is 15.9 Å². The van der Waals surface area contributed by atoms with Crippen LogP contribution in [0.3, 0.4) is 0 Å². The summed E-state index contributed by atoms with van der Waals surface area (Å²) in [6.07, 6.45) is 0. The molecule has 0 spiro atoms. The van der Waals surface area contributed by atoms with Crippen molar-refractivity contribution < 1.29 is 14.0 Å². The number of benzene rings is 1. The number of amides is 3. The Bertz CT molecular complexity index is 508. The number of carbonyl (C=O) groups is 2. The fourth-order valence-corrected chi connectivity index (χ4v) is 1.69. The first kappa shape index (κ1) is 16.4. The number of likely N-dealkylation sites (N-methyl/N-ethyl adjacent to an activating group) is 1. The van der Waals surface area contributed by atoms with E-state index in [0.29, 0.717) is 10.2 Å². The molecule has 0 heterocycles. The maximum atomic E-state index is 13.3. The molecule has 7 heteroatoms. The van der Waals surface area contributed by atoms with Gasteiger partial charge < -0.3 is 15.5 Å². The van der Waals surface area contributed by atoms with Crippen LogP contribution in [0.1, 0.15) is 13.8 Å². The summed E-state index contributed by atoms with van der Waals surface area (Å²) in [5.41, 5.74) is 0.326. The molecule has 1 aromatic carbocycles. The van der Waals surface area contributed by atoms with Gasteiger partial charge >= 0.3 is 6.03 Å². The minimum Gasteiger partial charge on any atom is -0.352 e. The Hall–Kier alpha value is -1.63. The number of nitrogens with one attached hydrogen (secondary N) is 2. The molecule has 0 aliphatic carbocycles. The predicted octanol–water partition coefficient (Wildman–Crippen LogP) is 2.58. The number of urea groups is 1. The Labute approximate surface area is 125 Å². The largest absolute Gasteiger partial charge is 0.352 e. The van der Waals surface area contributed by atoms with Crippen LogP contribution in [0.25, 0.3) is 0 Å². The average Bonchev–Trinajstić information content (AvgIpc) is 2.32. The van der Waals surface area contributed by atoms with Crippen LogP contribution in [0.15, 0.2) is 22.7 Å². The van der Waals surface area contributed by atoms with Crippen LogP contribution in [-0.4, -0.2) is 36.5 Å². The lowest BCUT2D eigenvalue weighted by atomic mass is 10.3. The number of halogens is 2. The van der Waals surface area contributed by atoms with Gasteiger partial charge in [-0.2, -0.15) is 0 Å². The lowest BCUT2D eigenvalue weighted by Crippen LogP contribution is -2.42. The van der Waals surface area contributed by atoms with Gasteiger partial charge in [-0.15, -0.1) is 0 Å². The van der Waals surface area contributed by atoms with Crippen LogP contribution in [0.2, 0.25) is 0 Å². The van der Waals surface area contributed by atoms with Gasteiger partial charge in [0.15, 0.2) is 0 Å². The third-order valence-electron chi connectivity index (χ3n) is 2.35. The van der Waals surface area contributed by atoms with Crippen LogP contribution in [0, 0.1) is 5.82 Å². The summed E-state index contributed by atoms with van der Waals surface area (Å²) in [5.74, 6) is -0.720. The normalized spacial score (nSPS) is 10.3. The molecule has 0 aromatic heterocycles. The van der Waals surface area contributed by atoms with Crippen molar-refractivity contribution in [1.29, 1.82) is 0 Å². The summed E-state index contributed by atoms with van der Waals surface area (Å²) in [5, 5.41) is 5.20. The SMILES string of the molecule is CC(C)NC(=O)CN(C)C(=O)Nc1ccc(Br)c(F)c1. The first-order chi connectivity index (χ1) is 9.29. The lowest BCUT2D eigenvalue weighted by Gasteiger charge is -2.18. The molecule has 3 amide bonds. The smallest absolute Gasteiger partial charge is 0.322 e. The molecule has 0 saturated heterocycles. The van der Waals surface area contributed by atoms with Crippen LogP contribution in [0.4, 0.5) is 14.9 Å². The maximum absolute atomic E-state index is 13.3. The van der Waals surface area contributed by atoms with Crippen molar-refractivity contribution in [1.82, 2.24) is 10.2 Å². The standard InChI is InChI=1S/C13H17BrFN3O2/c1-8(2)16-12(19)7-18(3)13(20)17-9-4-5-10(14)11(15)6-9/h4-6,8H,7H2,1-3H3,(H,16,19)(H,17,20). The molecule has 5 nitrogen and oxygen atoms in total. The molecule has 0 atom stereocenters. The van der Waals surface area contributed by atoms with Crippen LogP contribution < -0.4 is 10.6 Å². The first-order valence-corrected chi connectivity index (χ1v) is 6.85. The zero-order chi connectivity index (χ0) is 15.3. The molecule has 0 radical (unpaired) electrons. The van der Waals surface area contributed by atoms with E-state index in [9.17, 15) is 14.0 Å². The number of hydrogen-bond donors (Lipinski definition) is 2. The van der Waals surface area contributed by atoms with Crippen LogP contribution in [0.5, 0.6) is 0 Å². The number of carbonyl (C=O) groups excluding carboxylic acids is 2. The van der Waals surface area contributed by atoms with Crippen molar-refractivity contribution in [3.63, 3.8) is 0 Å². The molecule has 0 fully saturated rings. The quantitative estimate of drug-likeness (QED) is 0.880. The Morgan fingerprint density at radius 2 is 2.05 bits per heavy atom. The van der Waals surface area contributed by atoms with Crippen molar-refractivity contribution in [3.8, 4) is 0 Å². The topological polar surface area (TPSA) is 61.4 Å². The van der Waals surface area contributed by atoms with E-state index in [4.69, 9.17) is 0 Å². The first-order valence-electron chi connectivity index (χ1n) is 6.06. The fourth-order valence-electron chi connectivity index (χ4n) is 1.45. The van der Waals surface area contributed by atoms with E-state index < -0.39 is 11.8 Å². The van der Waals surface area contributed by atoms with Gasteiger partial charge in [0, 0.05) is 18.8 Å². The molecule has 0 aliphatic heterocycles. The van der Waals surface area contributed by atoms with E-state index in [-0.39, 0.29) is 18.5 Å². The van der Waals surface area contributed by atoms with Crippen LogP contribution in [-0.2, 0) is 4.79 Å². The minimum absolute atomic E-state index is 0.0135. The van der Waals surface area contributed by atoms with E-state index in [1.807, 2.05) is 13.8 Å². The minimum atomic E-state index is -0.481. The highest BCUT2D eigenvalue weighted by atomic mass is 79.9. The van der Waals surface area contributed by atoms with E-state index in [0.717, 1.165) is 0 Å². The van der Waals surface area contributed by atoms with Gasteiger partial charge in [-0.1, -0.05) is 0 Å². The van der Waals surface area contributed by atoms with Gasteiger partial charge in [-0.05, 0) is 48.0 Å². The summed E-state index contributed by atoms with van der Waals surface area (Å²) in [6, 6.07) is 3.79. The molecule has 0 aliphatic rings. The Balaban J connectivity index is 2.57. The molecule has 0 saturated carbocycles. The second-order valence-corrected chi connectivity index (χ2v) is 5.49. The Morgan fingerprint density at radius 1 is 1.40 bits per heavy atom. The highest BCUT2D eigenvalue weighted by molar-refractivity contribution is 9.10. The van der Waals surface area contributed by atoms with Crippen molar-refractivity contribution in [2.45, 2.75) is 19.9 Å². The summed E-state index contributed by atoms with van der Waals surface area (Å²) < 4.78 is 13.6. The Kier molecular flexibility index (Phi) is 5.94. The summed E-state index contributed by atoms with van der Waals surface area (Å²) in [7, 11) is 1.49. The second kappa shape index (κ2) is 7.23. The highest BCUT2D eigenvalue weighted by Crippen LogP contribution is 2.19. The van der Waals surface area contributed by atoms with Crippen molar-refractivity contribution in [2.75, 3.05) is 18.9 Å². The van der Waals surface area contributed by atoms with Crippen molar-refractivity contribution >= 4 is 33.6 Å². The van der Waals surface area contributed by atoms with Crippen molar-refractivity contribution in [2.24, 2.45) is 0 Å². The monoisotopic (exact) mass is 345 g/mol. The zero-order valence-corrected chi connectivity index (χ0v) is 13.1. The van der Waals surface area contributed by atoms with Gasteiger partial charge in [0.25, 0.3) is 0 Å². The lowest BCUT2D eigenvalue weighted by molar-refractivity contribution is -0.121. The van der Waals surface area contributed by atoms with Gasteiger partial charge in [-0.25, -0.2) is 9.18 Å².